The van der Waals surface area contributed by atoms with E-state index in [1.165, 1.54) is 12.1 Å². The van der Waals surface area contributed by atoms with Crippen molar-refractivity contribution in [3.8, 4) is 0 Å². The van der Waals surface area contributed by atoms with Crippen LogP contribution in [0.15, 0.2) is 24.3 Å². The molecule has 1 saturated carbocycles. The van der Waals surface area contributed by atoms with E-state index in [2.05, 4.69) is 39.3 Å². The van der Waals surface area contributed by atoms with Crippen LogP contribution in [0.4, 0.5) is 5.69 Å². The number of ketones is 1. The largest absolute Gasteiger partial charge is 0.407 e. The summed E-state index contributed by atoms with van der Waals surface area (Å²) in [6.45, 7) is 12.4. The van der Waals surface area contributed by atoms with Crippen LogP contribution in [0, 0.1) is 10.1 Å². The molecule has 0 heterocycles. The zero-order chi connectivity index (χ0) is 19.0. The minimum absolute atomic E-state index is 0.0237. The summed E-state index contributed by atoms with van der Waals surface area (Å²) in [7, 11) is -3.98. The van der Waals surface area contributed by atoms with E-state index >= 15 is 0 Å². The molecule has 0 aliphatic heterocycles. The molecule has 25 heavy (non-hydrogen) atoms. The van der Waals surface area contributed by atoms with E-state index in [4.69, 9.17) is 8.85 Å². The van der Waals surface area contributed by atoms with Crippen molar-refractivity contribution >= 4 is 28.1 Å². The minimum atomic E-state index is -2.00. The molecule has 1 aromatic carbocycles. The summed E-state index contributed by atoms with van der Waals surface area (Å²) in [5.41, 5.74) is -0.170. The summed E-state index contributed by atoms with van der Waals surface area (Å²) in [5, 5.41) is 10.9. The molecule has 0 spiro atoms. The van der Waals surface area contributed by atoms with Crippen LogP contribution in [0.2, 0.25) is 39.3 Å². The highest BCUT2D eigenvalue weighted by Gasteiger charge is 2.56. The molecule has 1 aliphatic rings. The molecule has 1 aromatic rings. The number of rotatable bonds is 7. The maximum Gasteiger partial charge on any atom is 0.269 e. The first kappa shape index (κ1) is 20.0. The van der Waals surface area contributed by atoms with Crippen LogP contribution >= 0.6 is 0 Å². The molecule has 0 N–H and O–H groups in total. The fourth-order valence-electron chi connectivity index (χ4n) is 3.02. The number of nitrogens with zero attached hydrogens (tertiary/aromatic N) is 1. The Bertz CT molecular complexity index is 663. The van der Waals surface area contributed by atoms with E-state index in [9.17, 15) is 14.9 Å². The van der Waals surface area contributed by atoms with Crippen molar-refractivity contribution in [3.63, 3.8) is 0 Å². The summed E-state index contributed by atoms with van der Waals surface area (Å²) in [6.07, 6.45) is 0.596. The predicted octanol–water partition coefficient (Wildman–Crippen LogP) is 4.44. The van der Waals surface area contributed by atoms with Crippen molar-refractivity contribution in [2.24, 2.45) is 0 Å². The molecule has 8 heteroatoms. The number of carbonyl (C=O) groups is 1. The Morgan fingerprint density at radius 1 is 1.08 bits per heavy atom. The van der Waals surface area contributed by atoms with Gasteiger partial charge in [0.05, 0.1) is 4.92 Å². The SMILES string of the molecule is C[Si](C)(C)OC(c1ccc([N+](=O)[O-])cc1)C1(O[Si](C)(C)C)CCC1=O. The Hall–Kier alpha value is -1.36. The van der Waals surface area contributed by atoms with Crippen LogP contribution in [0.25, 0.3) is 0 Å². The van der Waals surface area contributed by atoms with Crippen LogP contribution < -0.4 is 0 Å². The molecule has 0 bridgehead atoms. The molecule has 1 fully saturated rings. The molecule has 0 amide bonds. The second-order valence-electron chi connectivity index (χ2n) is 8.49. The molecular formula is C17H27NO5Si2. The van der Waals surface area contributed by atoms with Gasteiger partial charge in [0.25, 0.3) is 5.69 Å². The van der Waals surface area contributed by atoms with Gasteiger partial charge in [-0.05, 0) is 63.4 Å². The first-order valence-electron chi connectivity index (χ1n) is 8.50. The van der Waals surface area contributed by atoms with E-state index in [1.54, 1.807) is 12.1 Å². The standard InChI is InChI=1S/C17H27NO5Si2/c1-24(2,3)22-16(13-7-9-14(10-8-13)18(20)21)17(12-11-15(17)19)23-25(4,5)6/h7-10,16H,11-12H2,1-6H3. The topological polar surface area (TPSA) is 78.7 Å². The smallest absolute Gasteiger partial charge is 0.269 e. The third-order valence-electron chi connectivity index (χ3n) is 3.99. The molecule has 0 aromatic heterocycles. The molecule has 1 aliphatic carbocycles. The van der Waals surface area contributed by atoms with Crippen LogP contribution in [0.3, 0.4) is 0 Å². The Morgan fingerprint density at radius 2 is 1.64 bits per heavy atom. The molecule has 6 nitrogen and oxygen atoms in total. The maximum atomic E-state index is 12.6. The molecule has 0 radical (unpaired) electrons. The fourth-order valence-corrected chi connectivity index (χ4v) is 5.46. The lowest BCUT2D eigenvalue weighted by Gasteiger charge is -2.50. The average molecular weight is 382 g/mol. The number of benzene rings is 1. The second kappa shape index (κ2) is 6.75. The van der Waals surface area contributed by atoms with Crippen molar-refractivity contribution in [1.82, 2.24) is 0 Å². The number of Topliss-reactive ketones (excluding diaryl/α,β-unsaturated/α-hetero) is 1. The zero-order valence-corrected chi connectivity index (χ0v) is 17.8. The number of hydrogen-bond donors (Lipinski definition) is 0. The summed E-state index contributed by atoms with van der Waals surface area (Å²) >= 11 is 0. The van der Waals surface area contributed by atoms with Crippen LogP contribution in [-0.4, -0.2) is 32.9 Å². The molecule has 138 valence electrons. The Balaban J connectivity index is 2.47. The van der Waals surface area contributed by atoms with Gasteiger partial charge in [0.1, 0.15) is 11.7 Å². The first-order chi connectivity index (χ1) is 11.3. The van der Waals surface area contributed by atoms with E-state index < -0.39 is 33.3 Å². The molecule has 0 saturated heterocycles. The van der Waals surface area contributed by atoms with Crippen molar-refractivity contribution in [1.29, 1.82) is 0 Å². The Kier molecular flexibility index (Phi) is 5.39. The quantitative estimate of drug-likeness (QED) is 0.396. The van der Waals surface area contributed by atoms with Gasteiger partial charge in [-0.25, -0.2) is 0 Å². The van der Waals surface area contributed by atoms with Crippen LogP contribution in [0.5, 0.6) is 0 Å². The highest BCUT2D eigenvalue weighted by Crippen LogP contribution is 2.47. The van der Waals surface area contributed by atoms with E-state index in [1.807, 2.05) is 0 Å². The van der Waals surface area contributed by atoms with Gasteiger partial charge in [-0.3, -0.25) is 14.9 Å². The van der Waals surface area contributed by atoms with Gasteiger partial charge in [-0.15, -0.1) is 0 Å². The zero-order valence-electron chi connectivity index (χ0n) is 15.8. The second-order valence-corrected chi connectivity index (χ2v) is 17.4. The minimum Gasteiger partial charge on any atom is -0.407 e. The van der Waals surface area contributed by atoms with Gasteiger partial charge < -0.3 is 8.85 Å². The number of carbonyl (C=O) groups excluding carboxylic acids is 1. The fraction of sp³-hybridized carbons (Fsp3) is 0.588. The maximum absolute atomic E-state index is 12.6. The van der Waals surface area contributed by atoms with E-state index in [0.29, 0.717) is 12.8 Å². The van der Waals surface area contributed by atoms with Crippen molar-refractivity contribution in [3.05, 3.63) is 39.9 Å². The van der Waals surface area contributed by atoms with Gasteiger partial charge in [-0.1, -0.05) is 0 Å². The highest BCUT2D eigenvalue weighted by molar-refractivity contribution is 6.70. The summed E-state index contributed by atoms with van der Waals surface area (Å²) < 4.78 is 12.8. The van der Waals surface area contributed by atoms with Gasteiger partial charge in [0, 0.05) is 18.6 Å². The van der Waals surface area contributed by atoms with E-state index in [0.717, 1.165) is 5.56 Å². The van der Waals surface area contributed by atoms with Gasteiger partial charge >= 0.3 is 0 Å². The predicted molar refractivity (Wildman–Crippen MR) is 102 cm³/mol. The van der Waals surface area contributed by atoms with Gasteiger partial charge in [0.2, 0.25) is 0 Å². The third kappa shape index (κ3) is 4.63. The third-order valence-corrected chi connectivity index (χ3v) is 5.90. The lowest BCUT2D eigenvalue weighted by atomic mass is 9.72. The van der Waals surface area contributed by atoms with Crippen molar-refractivity contribution in [2.75, 3.05) is 0 Å². The number of nitro benzene ring substituents is 1. The average Bonchev–Trinajstić information content (AvgIpc) is 2.47. The summed E-state index contributed by atoms with van der Waals surface area (Å²) in [4.78, 5) is 23.1. The molecular weight excluding hydrogens is 354 g/mol. The monoisotopic (exact) mass is 381 g/mol. The van der Waals surface area contributed by atoms with Crippen molar-refractivity contribution in [2.45, 2.75) is 63.8 Å². The first-order valence-corrected chi connectivity index (χ1v) is 15.3. The molecule has 2 rings (SSSR count). The number of hydrogen-bond acceptors (Lipinski definition) is 5. The molecule has 2 atom stereocenters. The van der Waals surface area contributed by atoms with Crippen LogP contribution in [0.1, 0.15) is 24.5 Å². The highest BCUT2D eigenvalue weighted by atomic mass is 28.4. The normalized spacial score (nSPS) is 22.4. The number of non-ortho nitro benzene ring substituents is 1. The number of nitro groups is 1. The lowest BCUT2D eigenvalue weighted by molar-refractivity contribution is -0.384. The Morgan fingerprint density at radius 3 is 1.96 bits per heavy atom. The van der Waals surface area contributed by atoms with E-state index in [-0.39, 0.29) is 11.5 Å². The summed E-state index contributed by atoms with van der Waals surface area (Å²) in [6, 6.07) is 6.29. The van der Waals surface area contributed by atoms with Gasteiger partial charge in [0.15, 0.2) is 22.4 Å². The molecule has 2 unspecified atom stereocenters. The van der Waals surface area contributed by atoms with Gasteiger partial charge in [-0.2, -0.15) is 0 Å². The Labute approximate surface area is 150 Å². The van der Waals surface area contributed by atoms with Crippen molar-refractivity contribution < 1.29 is 18.6 Å². The van der Waals surface area contributed by atoms with Crippen LogP contribution in [-0.2, 0) is 13.6 Å². The lowest BCUT2D eigenvalue weighted by Crippen LogP contribution is -2.60. The summed E-state index contributed by atoms with van der Waals surface area (Å²) in [5.74, 6) is 0.0662.